The van der Waals surface area contributed by atoms with Gasteiger partial charge in [0, 0.05) is 19.1 Å². The second-order valence-electron chi connectivity index (χ2n) is 7.34. The highest BCUT2D eigenvalue weighted by molar-refractivity contribution is 5.44. The first-order valence-electron chi connectivity index (χ1n) is 9.93. The lowest BCUT2D eigenvalue weighted by Crippen LogP contribution is -2.39. The Morgan fingerprint density at radius 3 is 2.30 bits per heavy atom. The SMILES string of the molecule is COc1ccc(C(CNCc2ccc(C)cc2)N2CCCCC2)cc1OC. The van der Waals surface area contributed by atoms with Gasteiger partial charge in [-0.05, 0) is 56.1 Å². The lowest BCUT2D eigenvalue weighted by Gasteiger charge is -2.35. The van der Waals surface area contributed by atoms with Crippen LogP contribution in [0, 0.1) is 6.92 Å². The molecule has 1 heterocycles. The molecule has 27 heavy (non-hydrogen) atoms. The van der Waals surface area contributed by atoms with Crippen molar-refractivity contribution in [2.45, 2.75) is 38.8 Å². The zero-order chi connectivity index (χ0) is 19.1. The zero-order valence-electron chi connectivity index (χ0n) is 16.8. The molecule has 2 aromatic carbocycles. The van der Waals surface area contributed by atoms with E-state index in [2.05, 4.69) is 53.5 Å². The number of nitrogens with zero attached hydrogens (tertiary/aromatic N) is 1. The van der Waals surface area contributed by atoms with Gasteiger partial charge in [-0.2, -0.15) is 0 Å². The third-order valence-electron chi connectivity index (χ3n) is 5.41. The first-order chi connectivity index (χ1) is 13.2. The van der Waals surface area contributed by atoms with Gasteiger partial charge >= 0.3 is 0 Å². The van der Waals surface area contributed by atoms with Gasteiger partial charge in [-0.25, -0.2) is 0 Å². The molecule has 0 saturated carbocycles. The van der Waals surface area contributed by atoms with Crippen LogP contribution >= 0.6 is 0 Å². The Hall–Kier alpha value is -2.04. The standard InChI is InChI=1S/C23H32N2O2/c1-18-7-9-19(10-8-18)16-24-17-21(25-13-5-4-6-14-25)20-11-12-22(26-2)23(15-20)27-3/h7-12,15,21,24H,4-6,13-14,16-17H2,1-3H3. The fourth-order valence-corrected chi connectivity index (χ4v) is 3.81. The minimum Gasteiger partial charge on any atom is -0.493 e. The number of piperidine rings is 1. The van der Waals surface area contributed by atoms with Crippen LogP contribution in [-0.2, 0) is 6.54 Å². The molecule has 1 N–H and O–H groups in total. The monoisotopic (exact) mass is 368 g/mol. The van der Waals surface area contributed by atoms with Crippen LogP contribution in [0.1, 0.15) is 42.0 Å². The summed E-state index contributed by atoms with van der Waals surface area (Å²) in [6, 6.07) is 15.4. The molecule has 0 bridgehead atoms. The van der Waals surface area contributed by atoms with Crippen molar-refractivity contribution in [3.8, 4) is 11.5 Å². The number of aryl methyl sites for hydroxylation is 1. The molecule has 1 saturated heterocycles. The van der Waals surface area contributed by atoms with E-state index in [4.69, 9.17) is 9.47 Å². The molecule has 1 fully saturated rings. The molecule has 1 atom stereocenters. The van der Waals surface area contributed by atoms with Gasteiger partial charge in [0.05, 0.1) is 14.2 Å². The Kier molecular flexibility index (Phi) is 7.13. The molecule has 4 nitrogen and oxygen atoms in total. The predicted octanol–water partition coefficient (Wildman–Crippen LogP) is 4.33. The van der Waals surface area contributed by atoms with Gasteiger partial charge in [0.25, 0.3) is 0 Å². The van der Waals surface area contributed by atoms with Crippen molar-refractivity contribution in [3.63, 3.8) is 0 Å². The molecule has 146 valence electrons. The summed E-state index contributed by atoms with van der Waals surface area (Å²) >= 11 is 0. The fraction of sp³-hybridized carbons (Fsp3) is 0.478. The molecule has 0 aromatic heterocycles. The van der Waals surface area contributed by atoms with Gasteiger partial charge in [-0.3, -0.25) is 4.90 Å². The summed E-state index contributed by atoms with van der Waals surface area (Å²) < 4.78 is 10.9. The van der Waals surface area contributed by atoms with Crippen LogP contribution in [0.25, 0.3) is 0 Å². The van der Waals surface area contributed by atoms with Gasteiger partial charge in [0.15, 0.2) is 11.5 Å². The van der Waals surface area contributed by atoms with Gasteiger partial charge in [-0.15, -0.1) is 0 Å². The van der Waals surface area contributed by atoms with E-state index < -0.39 is 0 Å². The van der Waals surface area contributed by atoms with Gasteiger partial charge in [0.1, 0.15) is 0 Å². The summed E-state index contributed by atoms with van der Waals surface area (Å²) in [5.74, 6) is 1.59. The summed E-state index contributed by atoms with van der Waals surface area (Å²) in [4.78, 5) is 2.60. The van der Waals surface area contributed by atoms with Crippen LogP contribution in [0.2, 0.25) is 0 Å². The van der Waals surface area contributed by atoms with Crippen molar-refractivity contribution in [2.24, 2.45) is 0 Å². The molecule has 2 aromatic rings. The van der Waals surface area contributed by atoms with Gasteiger partial charge < -0.3 is 14.8 Å². The smallest absolute Gasteiger partial charge is 0.161 e. The Morgan fingerprint density at radius 2 is 1.63 bits per heavy atom. The summed E-state index contributed by atoms with van der Waals surface area (Å²) in [5, 5.41) is 3.67. The summed E-state index contributed by atoms with van der Waals surface area (Å²) in [5.41, 5.74) is 3.91. The number of rotatable bonds is 8. The number of hydrogen-bond acceptors (Lipinski definition) is 4. The van der Waals surface area contributed by atoms with Crippen molar-refractivity contribution in [1.29, 1.82) is 0 Å². The van der Waals surface area contributed by atoms with Gasteiger partial charge in [-0.1, -0.05) is 42.3 Å². The third kappa shape index (κ3) is 5.24. The zero-order valence-corrected chi connectivity index (χ0v) is 16.8. The van der Waals surface area contributed by atoms with Crippen molar-refractivity contribution < 1.29 is 9.47 Å². The largest absolute Gasteiger partial charge is 0.493 e. The number of hydrogen-bond donors (Lipinski definition) is 1. The van der Waals surface area contributed by atoms with E-state index in [0.717, 1.165) is 37.7 Å². The lowest BCUT2D eigenvalue weighted by molar-refractivity contribution is 0.160. The highest BCUT2D eigenvalue weighted by Crippen LogP contribution is 2.32. The van der Waals surface area contributed by atoms with Crippen LogP contribution in [-0.4, -0.2) is 38.8 Å². The lowest BCUT2D eigenvalue weighted by atomic mass is 10.0. The Labute approximate surface area is 163 Å². The average Bonchev–Trinajstić information content (AvgIpc) is 2.72. The van der Waals surface area contributed by atoms with Crippen molar-refractivity contribution in [2.75, 3.05) is 33.9 Å². The molecule has 3 rings (SSSR count). The second kappa shape index (κ2) is 9.77. The predicted molar refractivity (Wildman–Crippen MR) is 111 cm³/mol. The van der Waals surface area contributed by atoms with Crippen LogP contribution in [0.5, 0.6) is 11.5 Å². The van der Waals surface area contributed by atoms with Gasteiger partial charge in [0.2, 0.25) is 0 Å². The molecule has 1 unspecified atom stereocenters. The van der Waals surface area contributed by atoms with E-state index in [-0.39, 0.29) is 0 Å². The molecular weight excluding hydrogens is 336 g/mol. The molecule has 4 heteroatoms. The number of methoxy groups -OCH3 is 2. The number of likely N-dealkylation sites (tertiary alicyclic amines) is 1. The Bertz CT molecular complexity index is 709. The van der Waals surface area contributed by atoms with Crippen molar-refractivity contribution in [1.82, 2.24) is 10.2 Å². The van der Waals surface area contributed by atoms with E-state index in [0.29, 0.717) is 6.04 Å². The highest BCUT2D eigenvalue weighted by atomic mass is 16.5. The quantitative estimate of drug-likeness (QED) is 0.752. The maximum absolute atomic E-state index is 5.54. The Balaban J connectivity index is 1.73. The normalized spacial score (nSPS) is 16.1. The van der Waals surface area contributed by atoms with E-state index in [1.54, 1.807) is 14.2 Å². The second-order valence-corrected chi connectivity index (χ2v) is 7.34. The molecule has 0 spiro atoms. The van der Waals surface area contributed by atoms with Crippen LogP contribution < -0.4 is 14.8 Å². The maximum atomic E-state index is 5.54. The molecule has 0 aliphatic carbocycles. The van der Waals surface area contributed by atoms with E-state index in [1.807, 2.05) is 6.07 Å². The summed E-state index contributed by atoms with van der Waals surface area (Å²) in [6.07, 6.45) is 3.90. The number of benzene rings is 2. The van der Waals surface area contributed by atoms with E-state index in [9.17, 15) is 0 Å². The highest BCUT2D eigenvalue weighted by Gasteiger charge is 2.23. The molecule has 1 aliphatic heterocycles. The third-order valence-corrected chi connectivity index (χ3v) is 5.41. The molecule has 1 aliphatic rings. The summed E-state index contributed by atoms with van der Waals surface area (Å²) in [7, 11) is 3.38. The van der Waals surface area contributed by atoms with Crippen LogP contribution in [0.3, 0.4) is 0 Å². The summed E-state index contributed by atoms with van der Waals surface area (Å²) in [6.45, 7) is 6.25. The molecular formula is C23H32N2O2. The van der Waals surface area contributed by atoms with Crippen molar-refractivity contribution >= 4 is 0 Å². The fourth-order valence-electron chi connectivity index (χ4n) is 3.81. The van der Waals surface area contributed by atoms with Crippen LogP contribution in [0.15, 0.2) is 42.5 Å². The molecule has 0 amide bonds. The first kappa shape index (κ1) is 19.7. The minimum atomic E-state index is 0.343. The Morgan fingerprint density at radius 1 is 0.926 bits per heavy atom. The van der Waals surface area contributed by atoms with Crippen molar-refractivity contribution in [3.05, 3.63) is 59.2 Å². The maximum Gasteiger partial charge on any atom is 0.161 e. The number of nitrogens with one attached hydrogen (secondary N) is 1. The topological polar surface area (TPSA) is 33.7 Å². The number of ether oxygens (including phenoxy) is 2. The van der Waals surface area contributed by atoms with E-state index in [1.165, 1.54) is 36.0 Å². The minimum absolute atomic E-state index is 0.343. The van der Waals surface area contributed by atoms with E-state index >= 15 is 0 Å². The average molecular weight is 369 g/mol. The first-order valence-corrected chi connectivity index (χ1v) is 9.93. The van der Waals surface area contributed by atoms with Crippen LogP contribution in [0.4, 0.5) is 0 Å². The molecule has 0 radical (unpaired) electrons.